The van der Waals surface area contributed by atoms with E-state index in [0.717, 1.165) is 11.3 Å². The molecule has 1 rings (SSSR count). The van der Waals surface area contributed by atoms with E-state index in [-0.39, 0.29) is 0 Å². The van der Waals surface area contributed by atoms with Gasteiger partial charge in [-0.15, -0.1) is 0 Å². The second kappa shape index (κ2) is 4.68. The zero-order valence-corrected chi connectivity index (χ0v) is 7.60. The van der Waals surface area contributed by atoms with Crippen molar-refractivity contribution in [1.29, 1.82) is 5.26 Å². The molecule has 62 valence electrons. The van der Waals surface area contributed by atoms with Gasteiger partial charge in [-0.25, -0.2) is 0 Å². The first-order valence-electron chi connectivity index (χ1n) is 3.51. The van der Waals surface area contributed by atoms with Gasteiger partial charge in [0.1, 0.15) is 11.2 Å². The molecule has 0 unspecified atom stereocenters. The maximum atomic E-state index is 8.36. The average molecular weight is 179 g/mol. The molecule has 0 aliphatic rings. The van der Waals surface area contributed by atoms with Gasteiger partial charge in [-0.2, -0.15) is 5.26 Å². The molecule has 0 fully saturated rings. The lowest BCUT2D eigenvalue weighted by molar-refractivity contribution is 0.411. The topological polar surface area (TPSA) is 33.0 Å². The summed E-state index contributed by atoms with van der Waals surface area (Å²) in [6.07, 6.45) is 0. The monoisotopic (exact) mass is 179 g/mol. The number of rotatable bonds is 3. The third-order valence-electron chi connectivity index (χ3n) is 1.48. The van der Waals surface area contributed by atoms with Gasteiger partial charge in [0.05, 0.1) is 7.11 Å². The third kappa shape index (κ3) is 2.18. The summed E-state index contributed by atoms with van der Waals surface area (Å²) in [5.41, 5.74) is 1.06. The molecule has 0 amide bonds. The molecule has 0 spiro atoms. The fourth-order valence-corrected chi connectivity index (χ4v) is 1.39. The van der Waals surface area contributed by atoms with Gasteiger partial charge in [0.2, 0.25) is 0 Å². The van der Waals surface area contributed by atoms with E-state index >= 15 is 0 Å². The van der Waals surface area contributed by atoms with Crippen molar-refractivity contribution in [2.45, 2.75) is 5.75 Å². The van der Waals surface area contributed by atoms with Gasteiger partial charge < -0.3 is 4.74 Å². The normalized spacial score (nSPS) is 9.00. The van der Waals surface area contributed by atoms with Crippen molar-refractivity contribution in [3.63, 3.8) is 0 Å². The van der Waals surface area contributed by atoms with E-state index in [1.165, 1.54) is 11.8 Å². The molecule has 0 aliphatic heterocycles. The number of thioether (sulfide) groups is 1. The largest absolute Gasteiger partial charge is 0.496 e. The molecule has 0 radical (unpaired) electrons. The predicted octanol–water partition coefficient (Wildman–Crippen LogP) is 2.41. The smallest absolute Gasteiger partial charge is 0.133 e. The summed E-state index contributed by atoms with van der Waals surface area (Å²) in [5.74, 6) is 1.53. The standard InChI is InChI=1S/C9H9NOS/c1-11-9-5-3-2-4-8(9)6-12-7-10/h2-5H,6H2,1H3. The molecule has 0 aromatic heterocycles. The summed E-state index contributed by atoms with van der Waals surface area (Å²) in [6, 6.07) is 7.71. The maximum Gasteiger partial charge on any atom is 0.133 e. The molecule has 0 saturated carbocycles. The van der Waals surface area contributed by atoms with E-state index in [1.807, 2.05) is 29.7 Å². The lowest BCUT2D eigenvalue weighted by Gasteiger charge is -2.04. The number of hydrogen-bond acceptors (Lipinski definition) is 3. The van der Waals surface area contributed by atoms with Crippen LogP contribution in [0.1, 0.15) is 5.56 Å². The molecule has 0 heterocycles. The predicted molar refractivity (Wildman–Crippen MR) is 49.9 cm³/mol. The first-order valence-corrected chi connectivity index (χ1v) is 4.50. The Bertz CT molecular complexity index is 293. The molecule has 0 atom stereocenters. The Morgan fingerprint density at radius 2 is 2.25 bits per heavy atom. The van der Waals surface area contributed by atoms with E-state index in [0.29, 0.717) is 5.75 Å². The number of thiocyanates is 1. The molecule has 3 heteroatoms. The summed E-state index contributed by atoms with van der Waals surface area (Å²) in [7, 11) is 1.63. The van der Waals surface area contributed by atoms with Crippen LogP contribution in [0.25, 0.3) is 0 Å². The van der Waals surface area contributed by atoms with Crippen LogP contribution in [-0.4, -0.2) is 7.11 Å². The molecular formula is C9H9NOS. The van der Waals surface area contributed by atoms with Crippen LogP contribution in [0, 0.1) is 10.7 Å². The highest BCUT2D eigenvalue weighted by molar-refractivity contribution is 8.02. The number of para-hydroxylation sites is 1. The van der Waals surface area contributed by atoms with Crippen molar-refractivity contribution >= 4 is 11.8 Å². The summed E-state index contributed by atoms with van der Waals surface area (Å²) in [6.45, 7) is 0. The van der Waals surface area contributed by atoms with Crippen LogP contribution in [0.5, 0.6) is 5.75 Å². The highest BCUT2D eigenvalue weighted by Gasteiger charge is 1.99. The molecule has 2 nitrogen and oxygen atoms in total. The van der Waals surface area contributed by atoms with Crippen LogP contribution in [0.15, 0.2) is 24.3 Å². The summed E-state index contributed by atoms with van der Waals surface area (Å²) in [5, 5.41) is 10.4. The number of nitrogens with zero attached hydrogens (tertiary/aromatic N) is 1. The number of ether oxygens (including phenoxy) is 1. The molecular weight excluding hydrogens is 170 g/mol. The number of nitriles is 1. The van der Waals surface area contributed by atoms with Crippen LogP contribution in [0.3, 0.4) is 0 Å². The third-order valence-corrected chi connectivity index (χ3v) is 2.07. The Hall–Kier alpha value is -1.14. The van der Waals surface area contributed by atoms with Crippen molar-refractivity contribution in [2.24, 2.45) is 0 Å². The van der Waals surface area contributed by atoms with Gasteiger partial charge in [-0.3, -0.25) is 0 Å². The van der Waals surface area contributed by atoms with E-state index in [2.05, 4.69) is 0 Å². The van der Waals surface area contributed by atoms with Crippen molar-refractivity contribution in [1.82, 2.24) is 0 Å². The summed E-state index contributed by atoms with van der Waals surface area (Å²) >= 11 is 1.22. The quantitative estimate of drug-likeness (QED) is 0.668. The Labute approximate surface area is 76.2 Å². The Kier molecular flexibility index (Phi) is 3.49. The van der Waals surface area contributed by atoms with Crippen LogP contribution >= 0.6 is 11.8 Å². The van der Waals surface area contributed by atoms with Gasteiger partial charge >= 0.3 is 0 Å². The van der Waals surface area contributed by atoms with Crippen molar-refractivity contribution < 1.29 is 4.74 Å². The minimum Gasteiger partial charge on any atom is -0.496 e. The van der Waals surface area contributed by atoms with E-state index in [9.17, 15) is 0 Å². The Morgan fingerprint density at radius 1 is 1.50 bits per heavy atom. The molecule has 0 aliphatic carbocycles. The first kappa shape index (κ1) is 8.95. The zero-order valence-electron chi connectivity index (χ0n) is 6.78. The van der Waals surface area contributed by atoms with Gasteiger partial charge in [-0.1, -0.05) is 18.2 Å². The van der Waals surface area contributed by atoms with Crippen molar-refractivity contribution in [2.75, 3.05) is 7.11 Å². The Balaban J connectivity index is 2.76. The van der Waals surface area contributed by atoms with Gasteiger partial charge in [0, 0.05) is 11.3 Å². The second-order valence-corrected chi connectivity index (χ2v) is 2.95. The molecule has 1 aromatic rings. The summed E-state index contributed by atoms with van der Waals surface area (Å²) < 4.78 is 5.12. The zero-order chi connectivity index (χ0) is 8.81. The van der Waals surface area contributed by atoms with Crippen LogP contribution in [0.4, 0.5) is 0 Å². The van der Waals surface area contributed by atoms with Gasteiger partial charge in [0.25, 0.3) is 0 Å². The van der Waals surface area contributed by atoms with E-state index in [1.54, 1.807) is 7.11 Å². The van der Waals surface area contributed by atoms with Crippen molar-refractivity contribution in [3.8, 4) is 11.2 Å². The minimum atomic E-state index is 0.681. The minimum absolute atomic E-state index is 0.681. The summed E-state index contributed by atoms with van der Waals surface area (Å²) in [4.78, 5) is 0. The molecule has 1 aromatic carbocycles. The lowest BCUT2D eigenvalue weighted by atomic mass is 10.2. The number of hydrogen-bond donors (Lipinski definition) is 0. The fraction of sp³-hybridized carbons (Fsp3) is 0.222. The average Bonchev–Trinajstić information content (AvgIpc) is 2.15. The molecule has 0 bridgehead atoms. The highest BCUT2D eigenvalue weighted by Crippen LogP contribution is 2.21. The van der Waals surface area contributed by atoms with E-state index in [4.69, 9.17) is 10.00 Å². The highest BCUT2D eigenvalue weighted by atomic mass is 32.2. The van der Waals surface area contributed by atoms with Gasteiger partial charge in [0.15, 0.2) is 0 Å². The SMILES string of the molecule is COc1ccccc1CSC#N. The second-order valence-electron chi connectivity index (χ2n) is 2.19. The first-order chi connectivity index (χ1) is 5.88. The molecule has 0 N–H and O–H groups in total. The Morgan fingerprint density at radius 3 is 2.92 bits per heavy atom. The van der Waals surface area contributed by atoms with Gasteiger partial charge in [-0.05, 0) is 17.8 Å². The maximum absolute atomic E-state index is 8.36. The van der Waals surface area contributed by atoms with Crippen LogP contribution in [0.2, 0.25) is 0 Å². The number of methoxy groups -OCH3 is 1. The van der Waals surface area contributed by atoms with Crippen molar-refractivity contribution in [3.05, 3.63) is 29.8 Å². The fourth-order valence-electron chi connectivity index (χ4n) is 0.932. The molecule has 0 saturated heterocycles. The van der Waals surface area contributed by atoms with Crippen LogP contribution < -0.4 is 4.74 Å². The molecule has 12 heavy (non-hydrogen) atoms. The van der Waals surface area contributed by atoms with Crippen LogP contribution in [-0.2, 0) is 5.75 Å². The lowest BCUT2D eigenvalue weighted by Crippen LogP contribution is -1.88. The number of benzene rings is 1. The van der Waals surface area contributed by atoms with E-state index < -0.39 is 0 Å².